The van der Waals surface area contributed by atoms with Crippen molar-refractivity contribution in [1.82, 2.24) is 15.5 Å². The fourth-order valence-corrected chi connectivity index (χ4v) is 2.29. The molecule has 5 nitrogen and oxygen atoms in total. The average Bonchev–Trinajstić information content (AvgIpc) is 2.53. The SMILES string of the molecule is CCC(C)C(O)CNC(=O)NCC(c1c(F)cccc1F)N(C)C. The van der Waals surface area contributed by atoms with Gasteiger partial charge in [-0.1, -0.05) is 26.3 Å². The van der Waals surface area contributed by atoms with Gasteiger partial charge in [-0.3, -0.25) is 0 Å². The number of carbonyl (C=O) groups is 1. The van der Waals surface area contributed by atoms with Crippen molar-refractivity contribution in [1.29, 1.82) is 0 Å². The molecule has 0 heterocycles. The van der Waals surface area contributed by atoms with E-state index in [1.165, 1.54) is 18.2 Å². The lowest BCUT2D eigenvalue weighted by Gasteiger charge is -2.26. The number of rotatable bonds is 8. The highest BCUT2D eigenvalue weighted by molar-refractivity contribution is 5.73. The molecular formula is C17H27F2N3O2. The van der Waals surface area contributed by atoms with Crippen molar-refractivity contribution in [2.75, 3.05) is 27.2 Å². The fraction of sp³-hybridized carbons (Fsp3) is 0.588. The Bertz CT molecular complexity index is 520. The summed E-state index contributed by atoms with van der Waals surface area (Å²) in [6, 6.07) is 2.56. The molecular weight excluding hydrogens is 316 g/mol. The molecule has 1 aromatic carbocycles. The molecule has 0 aliphatic rings. The maximum Gasteiger partial charge on any atom is 0.314 e. The first-order chi connectivity index (χ1) is 11.3. The second-order valence-electron chi connectivity index (χ2n) is 6.16. The Hall–Kier alpha value is -1.73. The van der Waals surface area contributed by atoms with Gasteiger partial charge in [-0.25, -0.2) is 13.6 Å². The first kappa shape index (κ1) is 20.3. The molecule has 0 radical (unpaired) electrons. The minimum Gasteiger partial charge on any atom is -0.391 e. The summed E-state index contributed by atoms with van der Waals surface area (Å²) in [4.78, 5) is 13.5. The third-order valence-electron chi connectivity index (χ3n) is 4.18. The highest BCUT2D eigenvalue weighted by Crippen LogP contribution is 2.23. The third-order valence-corrected chi connectivity index (χ3v) is 4.18. The number of aliphatic hydroxyl groups is 1. The molecule has 136 valence electrons. The maximum atomic E-state index is 13.9. The van der Waals surface area contributed by atoms with E-state index < -0.39 is 29.8 Å². The van der Waals surface area contributed by atoms with Crippen LogP contribution < -0.4 is 10.6 Å². The zero-order valence-corrected chi connectivity index (χ0v) is 14.6. The van der Waals surface area contributed by atoms with Crippen LogP contribution in [0.5, 0.6) is 0 Å². The van der Waals surface area contributed by atoms with Gasteiger partial charge in [-0.2, -0.15) is 0 Å². The predicted molar refractivity (Wildman–Crippen MR) is 89.6 cm³/mol. The second kappa shape index (κ2) is 9.54. The molecule has 0 aromatic heterocycles. The number of hydrogen-bond acceptors (Lipinski definition) is 3. The summed E-state index contributed by atoms with van der Waals surface area (Å²) < 4.78 is 27.9. The minimum absolute atomic E-state index is 0.0378. The summed E-state index contributed by atoms with van der Waals surface area (Å²) in [5, 5.41) is 15.0. The van der Waals surface area contributed by atoms with Gasteiger partial charge in [-0.05, 0) is 32.1 Å². The highest BCUT2D eigenvalue weighted by Gasteiger charge is 2.23. The van der Waals surface area contributed by atoms with E-state index in [2.05, 4.69) is 10.6 Å². The smallest absolute Gasteiger partial charge is 0.314 e. The second-order valence-corrected chi connectivity index (χ2v) is 6.16. The largest absolute Gasteiger partial charge is 0.391 e. The van der Waals surface area contributed by atoms with E-state index in [-0.39, 0.29) is 24.6 Å². The van der Waals surface area contributed by atoms with E-state index in [0.717, 1.165) is 6.42 Å². The topological polar surface area (TPSA) is 64.6 Å². The van der Waals surface area contributed by atoms with Gasteiger partial charge in [0.05, 0.1) is 12.1 Å². The Morgan fingerprint density at radius 1 is 1.21 bits per heavy atom. The number of benzene rings is 1. The van der Waals surface area contributed by atoms with E-state index in [4.69, 9.17) is 0 Å². The summed E-state index contributed by atoms with van der Waals surface area (Å²) in [5.41, 5.74) is -0.0811. The number of amides is 2. The lowest BCUT2D eigenvalue weighted by molar-refractivity contribution is 0.114. The van der Waals surface area contributed by atoms with Crippen molar-refractivity contribution in [2.24, 2.45) is 5.92 Å². The Morgan fingerprint density at radius 2 is 1.75 bits per heavy atom. The molecule has 0 saturated carbocycles. The van der Waals surface area contributed by atoms with Gasteiger partial charge in [0.1, 0.15) is 11.6 Å². The van der Waals surface area contributed by atoms with Crippen molar-refractivity contribution in [3.8, 4) is 0 Å². The monoisotopic (exact) mass is 343 g/mol. The summed E-state index contributed by atoms with van der Waals surface area (Å²) in [6.07, 6.45) is 0.175. The number of halogens is 2. The Balaban J connectivity index is 2.63. The van der Waals surface area contributed by atoms with Gasteiger partial charge in [0, 0.05) is 18.7 Å². The number of aliphatic hydroxyl groups excluding tert-OH is 1. The molecule has 24 heavy (non-hydrogen) atoms. The van der Waals surface area contributed by atoms with E-state index >= 15 is 0 Å². The molecule has 0 aliphatic heterocycles. The molecule has 0 saturated heterocycles. The van der Waals surface area contributed by atoms with Crippen LogP contribution in [0.15, 0.2) is 18.2 Å². The van der Waals surface area contributed by atoms with E-state index in [9.17, 15) is 18.7 Å². The normalized spacial score (nSPS) is 15.0. The lowest BCUT2D eigenvalue weighted by atomic mass is 10.0. The fourth-order valence-electron chi connectivity index (χ4n) is 2.29. The first-order valence-corrected chi connectivity index (χ1v) is 8.08. The molecule has 2 amide bonds. The molecule has 0 bridgehead atoms. The van der Waals surface area contributed by atoms with Crippen LogP contribution in [-0.2, 0) is 0 Å². The number of urea groups is 1. The molecule has 0 fully saturated rings. The zero-order chi connectivity index (χ0) is 18.3. The van der Waals surface area contributed by atoms with Crippen LogP contribution in [0.4, 0.5) is 13.6 Å². The summed E-state index contributed by atoms with van der Waals surface area (Å²) >= 11 is 0. The lowest BCUT2D eigenvalue weighted by Crippen LogP contribution is -2.44. The maximum absolute atomic E-state index is 13.9. The third kappa shape index (κ3) is 5.72. The Kier molecular flexibility index (Phi) is 8.07. The molecule has 3 atom stereocenters. The summed E-state index contributed by atoms with van der Waals surface area (Å²) in [7, 11) is 3.37. The molecule has 3 N–H and O–H groups in total. The van der Waals surface area contributed by atoms with Crippen LogP contribution in [0.25, 0.3) is 0 Å². The average molecular weight is 343 g/mol. The van der Waals surface area contributed by atoms with Crippen molar-refractivity contribution in [3.63, 3.8) is 0 Å². The van der Waals surface area contributed by atoms with Crippen molar-refractivity contribution in [2.45, 2.75) is 32.4 Å². The number of likely N-dealkylation sites (N-methyl/N-ethyl adjacent to an activating group) is 1. The van der Waals surface area contributed by atoms with Gasteiger partial charge in [-0.15, -0.1) is 0 Å². The van der Waals surface area contributed by atoms with Gasteiger partial charge < -0.3 is 20.6 Å². The van der Waals surface area contributed by atoms with E-state index in [1.807, 2.05) is 13.8 Å². The standard InChI is InChI=1S/C17H27F2N3O2/c1-5-11(2)15(23)10-21-17(24)20-9-14(22(3)4)16-12(18)7-6-8-13(16)19/h6-8,11,14-15,23H,5,9-10H2,1-4H3,(H2,20,21,24). The van der Waals surface area contributed by atoms with Crippen LogP contribution in [0.3, 0.4) is 0 Å². The van der Waals surface area contributed by atoms with Crippen LogP contribution in [-0.4, -0.2) is 49.3 Å². The predicted octanol–water partition coefficient (Wildman–Crippen LogP) is 2.27. The first-order valence-electron chi connectivity index (χ1n) is 8.08. The quantitative estimate of drug-likeness (QED) is 0.678. The van der Waals surface area contributed by atoms with Crippen molar-refractivity contribution >= 4 is 6.03 Å². The molecule has 1 aromatic rings. The van der Waals surface area contributed by atoms with Crippen LogP contribution in [0.1, 0.15) is 31.9 Å². The zero-order valence-electron chi connectivity index (χ0n) is 14.6. The summed E-state index contributed by atoms with van der Waals surface area (Å²) in [5.74, 6) is -1.22. The minimum atomic E-state index is -0.650. The molecule has 0 aliphatic carbocycles. The molecule has 3 unspecified atom stereocenters. The Morgan fingerprint density at radius 3 is 2.25 bits per heavy atom. The van der Waals surface area contributed by atoms with Crippen LogP contribution in [0.2, 0.25) is 0 Å². The summed E-state index contributed by atoms with van der Waals surface area (Å²) in [6.45, 7) is 4.02. The number of nitrogens with zero attached hydrogens (tertiary/aromatic N) is 1. The van der Waals surface area contributed by atoms with Crippen molar-refractivity contribution in [3.05, 3.63) is 35.4 Å². The molecule has 7 heteroatoms. The van der Waals surface area contributed by atoms with E-state index in [0.29, 0.717) is 0 Å². The van der Waals surface area contributed by atoms with Crippen molar-refractivity contribution < 1.29 is 18.7 Å². The number of nitrogens with one attached hydrogen (secondary N) is 2. The molecule has 0 spiro atoms. The Labute approximate surface area is 142 Å². The van der Waals surface area contributed by atoms with Crippen LogP contribution in [0, 0.1) is 17.6 Å². The van der Waals surface area contributed by atoms with Gasteiger partial charge >= 0.3 is 6.03 Å². The van der Waals surface area contributed by atoms with Gasteiger partial charge in [0.2, 0.25) is 0 Å². The highest BCUT2D eigenvalue weighted by atomic mass is 19.1. The number of hydrogen-bond donors (Lipinski definition) is 3. The molecule has 1 rings (SSSR count). The van der Waals surface area contributed by atoms with Gasteiger partial charge in [0.25, 0.3) is 0 Å². The van der Waals surface area contributed by atoms with E-state index in [1.54, 1.807) is 19.0 Å². The van der Waals surface area contributed by atoms with Gasteiger partial charge in [0.15, 0.2) is 0 Å². The van der Waals surface area contributed by atoms with Crippen LogP contribution >= 0.6 is 0 Å². The number of carbonyl (C=O) groups excluding carboxylic acids is 1.